The molecule has 1 fully saturated rings. The fourth-order valence-electron chi connectivity index (χ4n) is 5.80. The maximum absolute atomic E-state index is 13.5. The van der Waals surface area contributed by atoms with E-state index in [1.54, 1.807) is 30.3 Å². The minimum Gasteiger partial charge on any atom is -0.390 e. The molecule has 2 heterocycles. The highest BCUT2D eigenvalue weighted by molar-refractivity contribution is 5.95. The Hall–Kier alpha value is -4.89. The van der Waals surface area contributed by atoms with Crippen molar-refractivity contribution in [1.29, 1.82) is 0 Å². The van der Waals surface area contributed by atoms with E-state index in [1.165, 1.54) is 17.7 Å². The summed E-state index contributed by atoms with van der Waals surface area (Å²) in [7, 11) is 0. The molecule has 44 heavy (non-hydrogen) atoms. The molecule has 3 unspecified atom stereocenters. The van der Waals surface area contributed by atoms with E-state index in [9.17, 15) is 19.5 Å². The monoisotopic (exact) mass is 588 g/mol. The Kier molecular flexibility index (Phi) is 8.21. The lowest BCUT2D eigenvalue weighted by atomic mass is 9.80. The summed E-state index contributed by atoms with van der Waals surface area (Å²) < 4.78 is 14.9. The SMILES string of the molecule is Cc1cn(C2CC(O)C(COC(c3ccccc3)(c3ccccc3)c3ccccc3)O2)c(=O)n(C(=O)c2ccccc2)c1=O. The highest BCUT2D eigenvalue weighted by atomic mass is 16.6. The van der Waals surface area contributed by atoms with Crippen molar-refractivity contribution in [3.63, 3.8) is 0 Å². The molecule has 8 heteroatoms. The highest BCUT2D eigenvalue weighted by Gasteiger charge is 2.42. The Morgan fingerprint density at radius 1 is 0.818 bits per heavy atom. The van der Waals surface area contributed by atoms with Crippen LogP contribution in [0.25, 0.3) is 0 Å². The number of rotatable bonds is 8. The molecule has 3 atom stereocenters. The molecule has 1 N–H and O–H groups in total. The normalized spacial score (nSPS) is 18.3. The maximum Gasteiger partial charge on any atom is 0.340 e. The summed E-state index contributed by atoms with van der Waals surface area (Å²) in [6.45, 7) is 1.53. The van der Waals surface area contributed by atoms with Crippen molar-refractivity contribution >= 4 is 5.91 Å². The summed E-state index contributed by atoms with van der Waals surface area (Å²) in [5, 5.41) is 11.1. The molecule has 0 bridgehead atoms. The lowest BCUT2D eigenvalue weighted by Gasteiger charge is -2.37. The number of carbonyl (C=O) groups excluding carboxylic acids is 1. The number of hydrogen-bond acceptors (Lipinski definition) is 6. The standard InChI is InChI=1S/C36H32N2O6/c1-25-23-37(35(42)38(33(25)40)34(41)26-14-6-2-7-15-26)32-22-30(39)31(44-32)24-43-36(27-16-8-3-9-17-27,28-18-10-4-11-19-28)29-20-12-5-13-21-29/h2-21,23,30-32,39H,22,24H2,1H3. The number of aliphatic hydroxyl groups excluding tert-OH is 1. The molecule has 0 spiro atoms. The van der Waals surface area contributed by atoms with Crippen LogP contribution in [0.4, 0.5) is 0 Å². The van der Waals surface area contributed by atoms with Gasteiger partial charge in [0.25, 0.3) is 11.5 Å². The topological polar surface area (TPSA) is 99.8 Å². The van der Waals surface area contributed by atoms with Crippen LogP contribution in [-0.2, 0) is 15.1 Å². The Morgan fingerprint density at radius 3 is 1.80 bits per heavy atom. The third-order valence-corrected chi connectivity index (χ3v) is 8.03. The second-order valence-corrected chi connectivity index (χ2v) is 10.8. The molecule has 6 rings (SSSR count). The Balaban J connectivity index is 1.34. The molecule has 0 aliphatic carbocycles. The van der Waals surface area contributed by atoms with Gasteiger partial charge >= 0.3 is 5.69 Å². The van der Waals surface area contributed by atoms with E-state index in [-0.39, 0.29) is 24.2 Å². The average molecular weight is 589 g/mol. The fraction of sp³-hybridized carbons (Fsp3) is 0.194. The van der Waals surface area contributed by atoms with Crippen molar-refractivity contribution in [3.05, 3.63) is 176 Å². The van der Waals surface area contributed by atoms with Crippen LogP contribution in [-0.4, -0.2) is 39.0 Å². The number of benzene rings is 4. The second kappa shape index (κ2) is 12.4. The van der Waals surface area contributed by atoms with Gasteiger partial charge in [-0.3, -0.25) is 14.2 Å². The molecule has 0 saturated carbocycles. The number of aryl methyl sites for hydroxylation is 1. The molecule has 1 aliphatic rings. The summed E-state index contributed by atoms with van der Waals surface area (Å²) in [5.74, 6) is -0.727. The molecule has 0 radical (unpaired) electrons. The van der Waals surface area contributed by atoms with Gasteiger partial charge in [-0.15, -0.1) is 0 Å². The van der Waals surface area contributed by atoms with Crippen LogP contribution in [0.2, 0.25) is 0 Å². The van der Waals surface area contributed by atoms with Crippen LogP contribution in [0.5, 0.6) is 0 Å². The first-order valence-electron chi connectivity index (χ1n) is 14.5. The molecule has 1 aromatic heterocycles. The Bertz CT molecular complexity index is 1760. The number of hydrogen-bond donors (Lipinski definition) is 1. The van der Waals surface area contributed by atoms with Crippen LogP contribution in [0.1, 0.15) is 45.3 Å². The zero-order chi connectivity index (χ0) is 30.7. The van der Waals surface area contributed by atoms with Gasteiger partial charge in [0.05, 0.1) is 12.7 Å². The first-order chi connectivity index (χ1) is 21.4. The van der Waals surface area contributed by atoms with Crippen LogP contribution in [0.15, 0.2) is 137 Å². The summed E-state index contributed by atoms with van der Waals surface area (Å²) in [6.07, 6.45) is -1.24. The van der Waals surface area contributed by atoms with Gasteiger partial charge in [0.15, 0.2) is 0 Å². The maximum atomic E-state index is 13.5. The largest absolute Gasteiger partial charge is 0.390 e. The minimum absolute atomic E-state index is 0.00727. The fourth-order valence-corrected chi connectivity index (χ4v) is 5.80. The van der Waals surface area contributed by atoms with Crippen LogP contribution < -0.4 is 11.2 Å². The third kappa shape index (κ3) is 5.35. The van der Waals surface area contributed by atoms with E-state index < -0.39 is 41.2 Å². The molecule has 0 amide bonds. The third-order valence-electron chi connectivity index (χ3n) is 8.03. The van der Waals surface area contributed by atoms with Crippen LogP contribution in [0.3, 0.4) is 0 Å². The molecular weight excluding hydrogens is 556 g/mol. The van der Waals surface area contributed by atoms with Crippen molar-refractivity contribution < 1.29 is 19.4 Å². The van der Waals surface area contributed by atoms with E-state index in [2.05, 4.69) is 0 Å². The van der Waals surface area contributed by atoms with Crippen molar-refractivity contribution in [2.24, 2.45) is 0 Å². The van der Waals surface area contributed by atoms with E-state index in [1.807, 2.05) is 91.0 Å². The first kappa shape index (κ1) is 29.2. The average Bonchev–Trinajstić information content (AvgIpc) is 3.44. The minimum atomic E-state index is -1.02. The van der Waals surface area contributed by atoms with Crippen molar-refractivity contribution in [3.8, 4) is 0 Å². The molecule has 1 saturated heterocycles. The highest BCUT2D eigenvalue weighted by Crippen LogP contribution is 2.41. The van der Waals surface area contributed by atoms with Gasteiger partial charge in [-0.1, -0.05) is 109 Å². The van der Waals surface area contributed by atoms with Crippen LogP contribution in [0, 0.1) is 6.92 Å². The van der Waals surface area contributed by atoms with Gasteiger partial charge in [0.1, 0.15) is 17.9 Å². The van der Waals surface area contributed by atoms with E-state index in [4.69, 9.17) is 9.47 Å². The zero-order valence-corrected chi connectivity index (χ0v) is 24.2. The van der Waals surface area contributed by atoms with Gasteiger partial charge in [-0.05, 0) is 35.7 Å². The lowest BCUT2D eigenvalue weighted by molar-refractivity contribution is -0.0945. The van der Waals surface area contributed by atoms with Gasteiger partial charge in [0, 0.05) is 23.7 Å². The van der Waals surface area contributed by atoms with Gasteiger partial charge in [-0.2, -0.15) is 4.57 Å². The molecule has 8 nitrogen and oxygen atoms in total. The number of carbonyl (C=O) groups is 1. The predicted molar refractivity (Wildman–Crippen MR) is 166 cm³/mol. The molecular formula is C36H32N2O6. The zero-order valence-electron chi connectivity index (χ0n) is 24.2. The lowest BCUT2D eigenvalue weighted by Crippen LogP contribution is -2.45. The smallest absolute Gasteiger partial charge is 0.340 e. The van der Waals surface area contributed by atoms with Gasteiger partial charge < -0.3 is 14.6 Å². The van der Waals surface area contributed by atoms with Gasteiger partial charge in [-0.25, -0.2) is 4.79 Å². The Labute approximate surface area is 254 Å². The van der Waals surface area contributed by atoms with E-state index >= 15 is 0 Å². The summed E-state index contributed by atoms with van der Waals surface area (Å²) in [6, 6.07) is 37.7. The van der Waals surface area contributed by atoms with E-state index in [0.717, 1.165) is 16.7 Å². The summed E-state index contributed by atoms with van der Waals surface area (Å²) in [5.41, 5.74) is 0.564. The number of nitrogens with zero attached hydrogens (tertiary/aromatic N) is 2. The number of aromatic nitrogens is 2. The molecule has 5 aromatic rings. The molecule has 4 aromatic carbocycles. The predicted octanol–water partition coefficient (Wildman–Crippen LogP) is 4.66. The van der Waals surface area contributed by atoms with E-state index in [0.29, 0.717) is 4.57 Å². The summed E-state index contributed by atoms with van der Waals surface area (Å²) >= 11 is 0. The van der Waals surface area contributed by atoms with Crippen molar-refractivity contribution in [2.45, 2.75) is 37.4 Å². The summed E-state index contributed by atoms with van der Waals surface area (Å²) in [4.78, 5) is 39.7. The van der Waals surface area contributed by atoms with Crippen LogP contribution >= 0.6 is 0 Å². The van der Waals surface area contributed by atoms with Gasteiger partial charge in [0.2, 0.25) is 0 Å². The Morgan fingerprint density at radius 2 is 1.30 bits per heavy atom. The van der Waals surface area contributed by atoms with Crippen molar-refractivity contribution in [2.75, 3.05) is 6.61 Å². The molecule has 222 valence electrons. The second-order valence-electron chi connectivity index (χ2n) is 10.8. The molecule has 1 aliphatic heterocycles. The quantitative estimate of drug-likeness (QED) is 0.265. The van der Waals surface area contributed by atoms with Crippen molar-refractivity contribution in [1.82, 2.24) is 9.13 Å². The number of aliphatic hydroxyl groups is 1. The first-order valence-corrected chi connectivity index (χ1v) is 14.5. The number of ether oxygens (including phenoxy) is 2.